The van der Waals surface area contributed by atoms with E-state index in [4.69, 9.17) is 9.47 Å². The molecule has 0 aliphatic carbocycles. The minimum Gasteiger partial charge on any atom is -0.482 e. The molecule has 0 atom stereocenters. The molecular formula is C19H16N4O5. The van der Waals surface area contributed by atoms with Crippen molar-refractivity contribution in [3.63, 3.8) is 0 Å². The van der Waals surface area contributed by atoms with E-state index in [1.165, 1.54) is 4.90 Å². The molecule has 1 amide bonds. The van der Waals surface area contributed by atoms with E-state index >= 15 is 0 Å². The molecular weight excluding hydrogens is 364 g/mol. The van der Waals surface area contributed by atoms with E-state index in [0.717, 1.165) is 4.68 Å². The Morgan fingerprint density at radius 3 is 2.79 bits per heavy atom. The third-order valence-electron chi connectivity index (χ3n) is 4.32. The Bertz CT molecular complexity index is 1110. The number of aromatic nitrogens is 3. The van der Waals surface area contributed by atoms with Gasteiger partial charge in [0.15, 0.2) is 13.3 Å². The zero-order valence-corrected chi connectivity index (χ0v) is 14.8. The molecule has 0 saturated carbocycles. The molecule has 0 radical (unpaired) electrons. The van der Waals surface area contributed by atoms with E-state index in [0.29, 0.717) is 22.3 Å². The van der Waals surface area contributed by atoms with E-state index in [-0.39, 0.29) is 32.2 Å². The van der Waals surface area contributed by atoms with E-state index in [2.05, 4.69) is 10.3 Å². The van der Waals surface area contributed by atoms with Crippen molar-refractivity contribution in [3.05, 3.63) is 58.9 Å². The molecule has 0 saturated heterocycles. The normalized spacial score (nSPS) is 13.1. The zero-order chi connectivity index (χ0) is 19.5. The lowest BCUT2D eigenvalue weighted by molar-refractivity contribution is -0.147. The van der Waals surface area contributed by atoms with Gasteiger partial charge in [-0.15, -0.1) is 5.10 Å². The Morgan fingerprint density at radius 1 is 1.11 bits per heavy atom. The van der Waals surface area contributed by atoms with Gasteiger partial charge in [-0.2, -0.15) is 4.68 Å². The molecule has 0 spiro atoms. The van der Waals surface area contributed by atoms with Crippen LogP contribution in [0.5, 0.6) is 5.75 Å². The van der Waals surface area contributed by atoms with E-state index in [1.807, 2.05) is 6.07 Å². The number of benzene rings is 2. The number of rotatable bonds is 5. The van der Waals surface area contributed by atoms with E-state index in [1.54, 1.807) is 42.5 Å². The van der Waals surface area contributed by atoms with Gasteiger partial charge in [-0.1, -0.05) is 29.5 Å². The summed E-state index contributed by atoms with van der Waals surface area (Å²) in [5, 5.41) is 8.09. The van der Waals surface area contributed by atoms with Crippen molar-refractivity contribution in [3.8, 4) is 5.75 Å². The highest BCUT2D eigenvalue weighted by Gasteiger charge is 2.25. The van der Waals surface area contributed by atoms with Gasteiger partial charge in [0.05, 0.1) is 17.5 Å². The molecule has 0 fully saturated rings. The molecule has 1 aromatic heterocycles. The SMILES string of the molecule is O=C(CCN1C(=O)COc2ccccc21)OCn1nnc2ccccc2c1=O. The van der Waals surface area contributed by atoms with Crippen LogP contribution < -0.4 is 15.2 Å². The van der Waals surface area contributed by atoms with Gasteiger partial charge >= 0.3 is 5.97 Å². The summed E-state index contributed by atoms with van der Waals surface area (Å²) >= 11 is 0. The summed E-state index contributed by atoms with van der Waals surface area (Å²) in [6.45, 7) is -0.270. The zero-order valence-electron chi connectivity index (χ0n) is 14.8. The standard InChI is InChI=1S/C19H16N4O5/c24-17-11-27-16-8-4-3-7-15(16)22(17)10-9-18(25)28-12-23-19(26)13-5-1-2-6-14(13)20-21-23/h1-8H,9-12H2. The molecule has 9 heteroatoms. The number of carbonyl (C=O) groups excluding carboxylic acids is 2. The van der Waals surface area contributed by atoms with Gasteiger partial charge in [0.1, 0.15) is 11.3 Å². The predicted octanol–water partition coefficient (Wildman–Crippen LogP) is 1.11. The number of fused-ring (bicyclic) bond motifs is 2. The molecule has 9 nitrogen and oxygen atoms in total. The van der Waals surface area contributed by atoms with Crippen LogP contribution in [0, 0.1) is 0 Å². The van der Waals surface area contributed by atoms with Crippen LogP contribution in [0.25, 0.3) is 10.9 Å². The fraction of sp³-hybridized carbons (Fsp3) is 0.211. The second-order valence-electron chi connectivity index (χ2n) is 6.11. The third kappa shape index (κ3) is 3.41. The molecule has 3 aromatic rings. The maximum absolute atomic E-state index is 12.3. The number of amides is 1. The van der Waals surface area contributed by atoms with Gasteiger partial charge in [-0.05, 0) is 24.3 Å². The average Bonchev–Trinajstić information content (AvgIpc) is 2.73. The summed E-state index contributed by atoms with van der Waals surface area (Å²) in [6.07, 6.45) is -0.0319. The number of ether oxygens (including phenoxy) is 2. The number of hydrogen-bond donors (Lipinski definition) is 0. The molecule has 28 heavy (non-hydrogen) atoms. The second-order valence-corrected chi connectivity index (χ2v) is 6.11. The Labute approximate surface area is 159 Å². The van der Waals surface area contributed by atoms with Gasteiger partial charge in [0, 0.05) is 6.54 Å². The number of anilines is 1. The van der Waals surface area contributed by atoms with Crippen LogP contribution in [0.2, 0.25) is 0 Å². The molecule has 2 heterocycles. The van der Waals surface area contributed by atoms with Gasteiger partial charge in [-0.3, -0.25) is 14.4 Å². The maximum atomic E-state index is 12.3. The molecule has 2 aromatic carbocycles. The highest BCUT2D eigenvalue weighted by molar-refractivity contribution is 5.98. The molecule has 0 N–H and O–H groups in total. The highest BCUT2D eigenvalue weighted by Crippen LogP contribution is 2.31. The van der Waals surface area contributed by atoms with Crippen LogP contribution in [-0.2, 0) is 21.1 Å². The van der Waals surface area contributed by atoms with Crippen molar-refractivity contribution in [2.75, 3.05) is 18.1 Å². The highest BCUT2D eigenvalue weighted by atomic mass is 16.5. The molecule has 1 aliphatic heterocycles. The minimum atomic E-state index is -0.557. The minimum absolute atomic E-state index is 0.0319. The Morgan fingerprint density at radius 2 is 1.89 bits per heavy atom. The number of esters is 1. The Kier molecular flexibility index (Phi) is 4.71. The summed E-state index contributed by atoms with van der Waals surface area (Å²) in [6, 6.07) is 13.9. The van der Waals surface area contributed by atoms with Crippen molar-refractivity contribution in [2.24, 2.45) is 0 Å². The summed E-state index contributed by atoms with van der Waals surface area (Å²) < 4.78 is 11.5. The van der Waals surface area contributed by atoms with Gasteiger partial charge in [0.25, 0.3) is 11.5 Å². The third-order valence-corrected chi connectivity index (χ3v) is 4.32. The topological polar surface area (TPSA) is 104 Å². The van der Waals surface area contributed by atoms with Crippen LogP contribution >= 0.6 is 0 Å². The fourth-order valence-electron chi connectivity index (χ4n) is 2.92. The lowest BCUT2D eigenvalue weighted by atomic mass is 10.2. The summed E-state index contributed by atoms with van der Waals surface area (Å²) in [5.74, 6) is -0.199. The first kappa shape index (κ1) is 17.7. The van der Waals surface area contributed by atoms with Crippen LogP contribution in [0.1, 0.15) is 6.42 Å². The summed E-state index contributed by atoms with van der Waals surface area (Å²) in [5.41, 5.74) is 0.693. The van der Waals surface area contributed by atoms with Crippen LogP contribution in [0.15, 0.2) is 53.3 Å². The largest absolute Gasteiger partial charge is 0.482 e. The number of nitrogens with zero attached hydrogens (tertiary/aromatic N) is 4. The van der Waals surface area contributed by atoms with Crippen molar-refractivity contribution in [1.29, 1.82) is 0 Å². The molecule has 0 bridgehead atoms. The fourth-order valence-corrected chi connectivity index (χ4v) is 2.92. The Hall–Kier alpha value is -3.75. The van der Waals surface area contributed by atoms with Gasteiger partial charge < -0.3 is 14.4 Å². The van der Waals surface area contributed by atoms with Crippen molar-refractivity contribution < 1.29 is 19.1 Å². The number of carbonyl (C=O) groups is 2. The van der Waals surface area contributed by atoms with Crippen LogP contribution in [0.3, 0.4) is 0 Å². The first-order chi connectivity index (χ1) is 13.6. The van der Waals surface area contributed by atoms with E-state index in [9.17, 15) is 14.4 Å². The monoisotopic (exact) mass is 380 g/mol. The van der Waals surface area contributed by atoms with Crippen molar-refractivity contribution in [1.82, 2.24) is 15.0 Å². The maximum Gasteiger partial charge on any atom is 0.309 e. The number of para-hydroxylation sites is 2. The van der Waals surface area contributed by atoms with Crippen molar-refractivity contribution in [2.45, 2.75) is 13.2 Å². The average molecular weight is 380 g/mol. The lowest BCUT2D eigenvalue weighted by Crippen LogP contribution is -2.40. The molecule has 142 valence electrons. The quantitative estimate of drug-likeness (QED) is 0.611. The Balaban J connectivity index is 1.39. The first-order valence-electron chi connectivity index (χ1n) is 8.64. The predicted molar refractivity (Wildman–Crippen MR) is 98.8 cm³/mol. The van der Waals surface area contributed by atoms with E-state index < -0.39 is 11.5 Å². The summed E-state index contributed by atoms with van der Waals surface area (Å²) in [4.78, 5) is 38.0. The number of hydrogen-bond acceptors (Lipinski definition) is 7. The van der Waals surface area contributed by atoms with Crippen molar-refractivity contribution >= 4 is 28.5 Å². The van der Waals surface area contributed by atoms with Crippen LogP contribution in [0.4, 0.5) is 5.69 Å². The summed E-state index contributed by atoms with van der Waals surface area (Å²) in [7, 11) is 0. The van der Waals surface area contributed by atoms with Gasteiger partial charge in [0.2, 0.25) is 0 Å². The first-order valence-corrected chi connectivity index (χ1v) is 8.64. The lowest BCUT2D eigenvalue weighted by Gasteiger charge is -2.28. The smallest absolute Gasteiger partial charge is 0.309 e. The molecule has 1 aliphatic rings. The van der Waals surface area contributed by atoms with Gasteiger partial charge in [-0.25, -0.2) is 0 Å². The second kappa shape index (κ2) is 7.47. The molecule has 4 rings (SSSR count). The molecule has 0 unspecified atom stereocenters. The van der Waals surface area contributed by atoms with Crippen LogP contribution in [-0.4, -0.2) is 40.0 Å².